The minimum atomic E-state index is -4.96. The normalized spacial score (nSPS) is 14.0. The van der Waals surface area contributed by atoms with Crippen LogP contribution in [0.2, 0.25) is 0 Å². The molecule has 0 fully saturated rings. The van der Waals surface area contributed by atoms with E-state index < -0.39 is 97.5 Å². The lowest BCUT2D eigenvalue weighted by Gasteiger charge is -2.21. The van der Waals surface area contributed by atoms with Crippen molar-refractivity contribution in [2.75, 3.05) is 39.6 Å². The number of carbonyl (C=O) groups is 4. The highest BCUT2D eigenvalue weighted by Gasteiger charge is 2.30. The standard InChI is InChI=1S/C81H158O17P2/c1-8-9-10-11-12-13-14-15-16-24-29-34-43-50-57-64-81(86)98-77(69-92-79(84)63-56-49-42-37-36-40-47-54-61-74(6)7)71-96-100(89,90)94-67-75(82)66-93-99(87,88)95-70-76(97-80(85)65-58-51-44-35-30-25-20-18-22-27-32-39-46-53-60-73(4)5)68-91-78(83)62-55-48-41-33-28-23-19-17-21-26-31-38-45-52-59-72(2)3/h72-77,82H,8-71H2,1-7H3,(H,87,88)(H,89,90)/t75-,76-,77-/m1/s1. The van der Waals surface area contributed by atoms with Crippen molar-refractivity contribution in [3.63, 3.8) is 0 Å². The molecule has 19 heteroatoms. The number of aliphatic hydroxyl groups is 1. The number of phosphoric acid groups is 2. The second kappa shape index (κ2) is 71.3. The van der Waals surface area contributed by atoms with Crippen molar-refractivity contribution in [1.82, 2.24) is 0 Å². The third kappa shape index (κ3) is 74.3. The molecule has 0 aliphatic rings. The minimum Gasteiger partial charge on any atom is -0.462 e. The van der Waals surface area contributed by atoms with Gasteiger partial charge in [-0.25, -0.2) is 9.13 Å². The van der Waals surface area contributed by atoms with Gasteiger partial charge in [0.15, 0.2) is 12.2 Å². The number of ether oxygens (including phenoxy) is 4. The van der Waals surface area contributed by atoms with Crippen molar-refractivity contribution in [2.24, 2.45) is 17.8 Å². The first-order valence-corrected chi connectivity index (χ1v) is 44.8. The van der Waals surface area contributed by atoms with E-state index in [-0.39, 0.29) is 25.7 Å². The van der Waals surface area contributed by atoms with Gasteiger partial charge in [-0.3, -0.25) is 37.3 Å². The van der Waals surface area contributed by atoms with Gasteiger partial charge in [0.25, 0.3) is 0 Å². The molecular weight excluding hydrogens is 1310 g/mol. The van der Waals surface area contributed by atoms with Crippen LogP contribution >= 0.6 is 15.6 Å². The summed E-state index contributed by atoms with van der Waals surface area (Å²) in [5.41, 5.74) is 0. The van der Waals surface area contributed by atoms with Crippen molar-refractivity contribution >= 4 is 39.5 Å². The van der Waals surface area contributed by atoms with Crippen LogP contribution in [-0.2, 0) is 65.4 Å². The van der Waals surface area contributed by atoms with Crippen molar-refractivity contribution in [3.8, 4) is 0 Å². The maximum Gasteiger partial charge on any atom is 0.472 e. The lowest BCUT2D eigenvalue weighted by atomic mass is 10.0. The summed E-state index contributed by atoms with van der Waals surface area (Å²) in [5.74, 6) is 0.211. The summed E-state index contributed by atoms with van der Waals surface area (Å²) >= 11 is 0. The van der Waals surface area contributed by atoms with Crippen molar-refractivity contribution in [1.29, 1.82) is 0 Å². The second-order valence-electron chi connectivity index (χ2n) is 30.6. The van der Waals surface area contributed by atoms with E-state index in [1.165, 1.54) is 231 Å². The van der Waals surface area contributed by atoms with E-state index in [1.807, 2.05) is 0 Å². The molecule has 0 radical (unpaired) electrons. The fourth-order valence-electron chi connectivity index (χ4n) is 12.5. The van der Waals surface area contributed by atoms with Gasteiger partial charge in [-0.1, -0.05) is 370 Å². The summed E-state index contributed by atoms with van der Waals surface area (Å²) in [6.45, 7) is 12.0. The fourth-order valence-corrected chi connectivity index (χ4v) is 14.1. The maximum absolute atomic E-state index is 13.1. The molecular formula is C81H158O17P2. The van der Waals surface area contributed by atoms with E-state index in [9.17, 15) is 43.2 Å². The van der Waals surface area contributed by atoms with Gasteiger partial charge in [-0.2, -0.15) is 0 Å². The average Bonchev–Trinajstić information content (AvgIpc) is 0.931. The molecule has 594 valence electrons. The van der Waals surface area contributed by atoms with Crippen LogP contribution in [0.3, 0.4) is 0 Å². The van der Waals surface area contributed by atoms with Gasteiger partial charge in [0.05, 0.1) is 26.4 Å². The summed E-state index contributed by atoms with van der Waals surface area (Å²) in [6.07, 6.45) is 59.6. The molecule has 0 saturated heterocycles. The third-order valence-electron chi connectivity index (χ3n) is 18.9. The molecule has 0 aromatic rings. The fraction of sp³-hybridized carbons (Fsp3) is 0.951. The zero-order chi connectivity index (χ0) is 73.7. The van der Waals surface area contributed by atoms with E-state index in [4.69, 9.17) is 37.0 Å². The first-order valence-electron chi connectivity index (χ1n) is 41.8. The van der Waals surface area contributed by atoms with Crippen LogP contribution in [-0.4, -0.2) is 96.7 Å². The zero-order valence-corrected chi connectivity index (χ0v) is 67.5. The third-order valence-corrected chi connectivity index (χ3v) is 20.8. The van der Waals surface area contributed by atoms with Crippen LogP contribution in [0.1, 0.15) is 421 Å². The Kier molecular flexibility index (Phi) is 69.9. The number of carbonyl (C=O) groups excluding carboxylic acids is 4. The molecule has 0 aromatic carbocycles. The van der Waals surface area contributed by atoms with Gasteiger partial charge in [-0.15, -0.1) is 0 Å². The lowest BCUT2D eigenvalue weighted by Crippen LogP contribution is -2.30. The number of rotatable bonds is 79. The molecule has 0 aromatic heterocycles. The van der Waals surface area contributed by atoms with Crippen LogP contribution in [0.5, 0.6) is 0 Å². The molecule has 2 unspecified atom stereocenters. The highest BCUT2D eigenvalue weighted by molar-refractivity contribution is 7.47. The molecule has 0 amide bonds. The monoisotopic (exact) mass is 1470 g/mol. The van der Waals surface area contributed by atoms with E-state index in [1.54, 1.807) is 0 Å². The number of unbranched alkanes of at least 4 members (excludes halogenated alkanes) is 47. The number of phosphoric ester groups is 2. The van der Waals surface area contributed by atoms with Crippen molar-refractivity contribution in [3.05, 3.63) is 0 Å². The number of esters is 4. The summed E-state index contributed by atoms with van der Waals surface area (Å²) in [7, 11) is -9.92. The van der Waals surface area contributed by atoms with Gasteiger partial charge in [0.1, 0.15) is 19.3 Å². The average molecular weight is 1470 g/mol. The molecule has 0 spiro atoms. The number of aliphatic hydroxyl groups excluding tert-OH is 1. The second-order valence-corrected chi connectivity index (χ2v) is 33.5. The van der Waals surface area contributed by atoms with E-state index >= 15 is 0 Å². The van der Waals surface area contributed by atoms with E-state index in [2.05, 4.69) is 48.5 Å². The number of hydrogen-bond acceptors (Lipinski definition) is 15. The Labute approximate surface area is 613 Å². The zero-order valence-electron chi connectivity index (χ0n) is 65.7. The van der Waals surface area contributed by atoms with Crippen LogP contribution < -0.4 is 0 Å². The smallest absolute Gasteiger partial charge is 0.462 e. The molecule has 0 bridgehead atoms. The Balaban J connectivity index is 5.26. The quantitative estimate of drug-likeness (QED) is 0.0222. The summed E-state index contributed by atoms with van der Waals surface area (Å²) in [4.78, 5) is 73.1. The topological polar surface area (TPSA) is 237 Å². The molecule has 100 heavy (non-hydrogen) atoms. The van der Waals surface area contributed by atoms with Gasteiger partial charge < -0.3 is 33.8 Å². The van der Waals surface area contributed by atoms with E-state index in [0.29, 0.717) is 25.7 Å². The summed E-state index contributed by atoms with van der Waals surface area (Å²) < 4.78 is 68.7. The van der Waals surface area contributed by atoms with Gasteiger partial charge >= 0.3 is 39.5 Å². The molecule has 0 aliphatic heterocycles. The Morgan fingerprint density at radius 3 is 0.680 bits per heavy atom. The molecule has 3 N–H and O–H groups in total. The predicted octanol–water partition coefficient (Wildman–Crippen LogP) is 24.1. The predicted molar refractivity (Wildman–Crippen MR) is 409 cm³/mol. The summed E-state index contributed by atoms with van der Waals surface area (Å²) in [5, 5.41) is 10.6. The van der Waals surface area contributed by atoms with Crippen LogP contribution in [0.4, 0.5) is 0 Å². The van der Waals surface area contributed by atoms with Gasteiger partial charge in [0, 0.05) is 25.7 Å². The highest BCUT2D eigenvalue weighted by Crippen LogP contribution is 2.45. The van der Waals surface area contributed by atoms with Crippen LogP contribution in [0.25, 0.3) is 0 Å². The molecule has 0 heterocycles. The van der Waals surface area contributed by atoms with Crippen LogP contribution in [0.15, 0.2) is 0 Å². The Bertz CT molecular complexity index is 1940. The van der Waals surface area contributed by atoms with Gasteiger partial charge in [-0.05, 0) is 43.4 Å². The van der Waals surface area contributed by atoms with Crippen LogP contribution in [0, 0.1) is 17.8 Å². The molecule has 5 atom stereocenters. The lowest BCUT2D eigenvalue weighted by molar-refractivity contribution is -0.161. The largest absolute Gasteiger partial charge is 0.472 e. The Hall–Kier alpha value is -1.94. The minimum absolute atomic E-state index is 0.107. The Morgan fingerprint density at radius 2 is 0.460 bits per heavy atom. The molecule has 0 aliphatic carbocycles. The Morgan fingerprint density at radius 1 is 0.270 bits per heavy atom. The SMILES string of the molecule is CCCCCCCCCCCCCCCCCC(=O)O[C@H](COC(=O)CCCCCCCCCCC(C)C)COP(=O)(O)OC[C@H](O)COP(=O)(O)OC[C@@H](COC(=O)CCCCCCCCCCCCCCCCC(C)C)OC(=O)CCCCCCCCCCCCCCCCC(C)C. The molecule has 0 saturated carbocycles. The first kappa shape index (κ1) is 98.1. The first-order chi connectivity index (χ1) is 48.2. The number of hydrogen-bond donors (Lipinski definition) is 3. The molecule has 17 nitrogen and oxygen atoms in total. The van der Waals surface area contributed by atoms with E-state index in [0.717, 1.165) is 108 Å². The maximum atomic E-state index is 13.1. The highest BCUT2D eigenvalue weighted by atomic mass is 31.2. The van der Waals surface area contributed by atoms with Crippen molar-refractivity contribution < 1.29 is 80.2 Å². The molecule has 0 rings (SSSR count). The summed E-state index contributed by atoms with van der Waals surface area (Å²) in [6, 6.07) is 0. The van der Waals surface area contributed by atoms with Crippen molar-refractivity contribution in [2.45, 2.75) is 439 Å². The van der Waals surface area contributed by atoms with Gasteiger partial charge in [0.2, 0.25) is 0 Å².